The third-order valence-corrected chi connectivity index (χ3v) is 3.46. The standard InChI is InChI=1S/C14H20O/c15-14(11-13-8-4-5-9-13)10-12-6-2-1-3-7-12/h4-5,10,13H,1-3,6-9,11H2. The molecular formula is C14H20O. The first-order valence-corrected chi connectivity index (χ1v) is 6.22. The van der Waals surface area contributed by atoms with E-state index in [4.69, 9.17) is 0 Å². The van der Waals surface area contributed by atoms with E-state index in [2.05, 4.69) is 12.2 Å². The van der Waals surface area contributed by atoms with Gasteiger partial charge in [0.2, 0.25) is 0 Å². The SMILES string of the molecule is O=C(C=C1CCCCC1)CC1CC=CC1. The lowest BCUT2D eigenvalue weighted by molar-refractivity contribution is -0.115. The van der Waals surface area contributed by atoms with Crippen LogP contribution in [-0.2, 0) is 4.79 Å². The van der Waals surface area contributed by atoms with Gasteiger partial charge in [0.05, 0.1) is 0 Å². The molecule has 1 saturated carbocycles. The number of rotatable bonds is 3. The van der Waals surface area contributed by atoms with Crippen LogP contribution in [0.1, 0.15) is 51.4 Å². The van der Waals surface area contributed by atoms with Crippen molar-refractivity contribution in [3.63, 3.8) is 0 Å². The summed E-state index contributed by atoms with van der Waals surface area (Å²) in [5.74, 6) is 0.957. The zero-order chi connectivity index (χ0) is 10.5. The maximum Gasteiger partial charge on any atom is 0.155 e. The Morgan fingerprint density at radius 1 is 1.20 bits per heavy atom. The molecule has 0 amide bonds. The lowest BCUT2D eigenvalue weighted by atomic mass is 9.92. The summed E-state index contributed by atoms with van der Waals surface area (Å²) in [5, 5.41) is 0. The molecule has 1 nitrogen and oxygen atoms in total. The molecular weight excluding hydrogens is 184 g/mol. The van der Waals surface area contributed by atoms with Crippen molar-refractivity contribution in [1.29, 1.82) is 0 Å². The van der Waals surface area contributed by atoms with Crippen molar-refractivity contribution in [2.24, 2.45) is 5.92 Å². The number of hydrogen-bond acceptors (Lipinski definition) is 1. The molecule has 0 aromatic rings. The second-order valence-electron chi connectivity index (χ2n) is 4.84. The molecule has 15 heavy (non-hydrogen) atoms. The molecule has 0 aromatic carbocycles. The molecule has 0 spiro atoms. The van der Waals surface area contributed by atoms with E-state index in [1.807, 2.05) is 6.08 Å². The highest BCUT2D eigenvalue weighted by atomic mass is 16.1. The van der Waals surface area contributed by atoms with Gasteiger partial charge in [-0.3, -0.25) is 4.79 Å². The summed E-state index contributed by atoms with van der Waals surface area (Å²) < 4.78 is 0. The van der Waals surface area contributed by atoms with Gasteiger partial charge in [-0.2, -0.15) is 0 Å². The van der Waals surface area contributed by atoms with Crippen molar-refractivity contribution in [3.05, 3.63) is 23.8 Å². The van der Waals surface area contributed by atoms with Gasteiger partial charge in [0.1, 0.15) is 0 Å². The van der Waals surface area contributed by atoms with Crippen molar-refractivity contribution in [3.8, 4) is 0 Å². The summed E-state index contributed by atoms with van der Waals surface area (Å²) in [6.45, 7) is 0. The van der Waals surface area contributed by atoms with Gasteiger partial charge in [0.15, 0.2) is 5.78 Å². The number of hydrogen-bond donors (Lipinski definition) is 0. The fourth-order valence-corrected chi connectivity index (χ4v) is 2.56. The molecule has 1 fully saturated rings. The van der Waals surface area contributed by atoms with Crippen LogP contribution in [0.15, 0.2) is 23.8 Å². The summed E-state index contributed by atoms with van der Waals surface area (Å²) in [5.41, 5.74) is 1.40. The highest BCUT2D eigenvalue weighted by Crippen LogP contribution is 2.25. The second-order valence-corrected chi connectivity index (χ2v) is 4.84. The van der Waals surface area contributed by atoms with Crippen LogP contribution in [0, 0.1) is 5.92 Å². The topological polar surface area (TPSA) is 17.1 Å². The molecule has 0 atom stereocenters. The van der Waals surface area contributed by atoms with E-state index >= 15 is 0 Å². The predicted molar refractivity (Wildman–Crippen MR) is 62.7 cm³/mol. The lowest BCUT2D eigenvalue weighted by Gasteiger charge is -2.13. The minimum absolute atomic E-state index is 0.362. The second kappa shape index (κ2) is 5.29. The van der Waals surface area contributed by atoms with Gasteiger partial charge in [-0.1, -0.05) is 24.1 Å². The van der Waals surface area contributed by atoms with Gasteiger partial charge in [-0.05, 0) is 50.5 Å². The summed E-state index contributed by atoms with van der Waals surface area (Å²) in [7, 11) is 0. The molecule has 0 bridgehead atoms. The molecule has 82 valence electrons. The van der Waals surface area contributed by atoms with Crippen LogP contribution >= 0.6 is 0 Å². The summed E-state index contributed by atoms with van der Waals surface area (Å²) >= 11 is 0. The largest absolute Gasteiger partial charge is 0.295 e. The number of carbonyl (C=O) groups is 1. The van der Waals surface area contributed by atoms with Crippen molar-refractivity contribution in [2.45, 2.75) is 51.4 Å². The van der Waals surface area contributed by atoms with Crippen LogP contribution < -0.4 is 0 Å². The molecule has 0 heterocycles. The van der Waals surface area contributed by atoms with Gasteiger partial charge >= 0.3 is 0 Å². The maximum atomic E-state index is 11.8. The van der Waals surface area contributed by atoms with Gasteiger partial charge < -0.3 is 0 Å². The molecule has 0 unspecified atom stereocenters. The molecule has 0 aliphatic heterocycles. The first kappa shape index (κ1) is 10.7. The minimum atomic E-state index is 0.362. The van der Waals surface area contributed by atoms with E-state index in [0.717, 1.165) is 32.1 Å². The minimum Gasteiger partial charge on any atom is -0.295 e. The van der Waals surface area contributed by atoms with Crippen molar-refractivity contribution >= 4 is 5.78 Å². The van der Waals surface area contributed by atoms with Crippen LogP contribution in [0.4, 0.5) is 0 Å². The molecule has 0 N–H and O–H groups in total. The van der Waals surface area contributed by atoms with Gasteiger partial charge in [0, 0.05) is 6.42 Å². The van der Waals surface area contributed by atoms with Crippen molar-refractivity contribution in [2.75, 3.05) is 0 Å². The fourth-order valence-electron chi connectivity index (χ4n) is 2.56. The average molecular weight is 204 g/mol. The van der Waals surface area contributed by atoms with E-state index in [1.165, 1.54) is 24.8 Å². The van der Waals surface area contributed by atoms with E-state index in [-0.39, 0.29) is 0 Å². The molecule has 2 rings (SSSR count). The Labute approximate surface area is 92.3 Å². The third kappa shape index (κ3) is 3.33. The van der Waals surface area contributed by atoms with Crippen LogP contribution in [-0.4, -0.2) is 5.78 Å². The van der Waals surface area contributed by atoms with E-state index < -0.39 is 0 Å². The van der Waals surface area contributed by atoms with E-state index in [9.17, 15) is 4.79 Å². The normalized spacial score (nSPS) is 22.0. The Morgan fingerprint density at radius 3 is 2.53 bits per heavy atom. The van der Waals surface area contributed by atoms with Gasteiger partial charge in [-0.15, -0.1) is 0 Å². The summed E-state index contributed by atoms with van der Waals surface area (Å²) in [6, 6.07) is 0. The third-order valence-electron chi connectivity index (χ3n) is 3.46. The molecule has 0 aromatic heterocycles. The first-order valence-electron chi connectivity index (χ1n) is 6.22. The molecule has 2 aliphatic rings. The zero-order valence-corrected chi connectivity index (χ0v) is 9.37. The molecule has 0 saturated heterocycles. The van der Waals surface area contributed by atoms with E-state index in [1.54, 1.807) is 0 Å². The Hall–Kier alpha value is -0.850. The molecule has 1 heteroatoms. The smallest absolute Gasteiger partial charge is 0.155 e. The van der Waals surface area contributed by atoms with Crippen LogP contribution in [0.2, 0.25) is 0 Å². The van der Waals surface area contributed by atoms with Crippen molar-refractivity contribution < 1.29 is 4.79 Å². The van der Waals surface area contributed by atoms with Crippen molar-refractivity contribution in [1.82, 2.24) is 0 Å². The summed E-state index contributed by atoms with van der Waals surface area (Å²) in [4.78, 5) is 11.8. The number of carbonyl (C=O) groups excluding carboxylic acids is 1. The highest BCUT2D eigenvalue weighted by Gasteiger charge is 2.14. The lowest BCUT2D eigenvalue weighted by Crippen LogP contribution is -2.05. The summed E-state index contributed by atoms with van der Waals surface area (Å²) in [6.07, 6.45) is 15.5. The Morgan fingerprint density at radius 2 is 1.87 bits per heavy atom. The average Bonchev–Trinajstić information content (AvgIpc) is 2.71. The molecule has 2 aliphatic carbocycles. The number of ketones is 1. The quantitative estimate of drug-likeness (QED) is 0.505. The Balaban J connectivity index is 1.79. The number of allylic oxidation sites excluding steroid dienone is 4. The zero-order valence-electron chi connectivity index (χ0n) is 9.37. The fraction of sp³-hybridized carbons (Fsp3) is 0.643. The van der Waals surface area contributed by atoms with Gasteiger partial charge in [0.25, 0.3) is 0 Å². The maximum absolute atomic E-state index is 11.8. The van der Waals surface area contributed by atoms with Gasteiger partial charge in [-0.25, -0.2) is 0 Å². The molecule has 0 radical (unpaired) electrons. The van der Waals surface area contributed by atoms with E-state index in [0.29, 0.717) is 11.7 Å². The van der Waals surface area contributed by atoms with Crippen LogP contribution in [0.25, 0.3) is 0 Å². The monoisotopic (exact) mass is 204 g/mol. The Bertz CT molecular complexity index is 270. The van der Waals surface area contributed by atoms with Crippen LogP contribution in [0.3, 0.4) is 0 Å². The first-order chi connectivity index (χ1) is 7.34. The highest BCUT2D eigenvalue weighted by molar-refractivity contribution is 5.90. The van der Waals surface area contributed by atoms with Crippen LogP contribution in [0.5, 0.6) is 0 Å². The predicted octanol–water partition coefficient (Wildman–Crippen LogP) is 3.80. The Kier molecular flexibility index (Phi) is 3.76.